The third kappa shape index (κ3) is 55.2. The molecule has 10 nitrogen and oxygen atoms in total. The van der Waals surface area contributed by atoms with Crippen LogP contribution < -0.4 is 0 Å². The molecule has 0 aromatic rings. The fourth-order valence-corrected chi connectivity index (χ4v) is 16.1. The minimum Gasteiger partial charge on any atom is -0.393 e. The topological polar surface area (TPSA) is 149 Å². The van der Waals surface area contributed by atoms with Crippen molar-refractivity contribution in [3.05, 3.63) is 145 Å². The van der Waals surface area contributed by atoms with Crippen LogP contribution in [0, 0.1) is 109 Å². The predicted molar refractivity (Wildman–Crippen MR) is 549 cm³/mol. The van der Waals surface area contributed by atoms with Crippen LogP contribution in [-0.4, -0.2) is 90.9 Å². The van der Waals surface area contributed by atoms with Crippen LogP contribution in [0.3, 0.4) is 0 Å². The first-order valence-corrected chi connectivity index (χ1v) is 49.6. The summed E-state index contributed by atoms with van der Waals surface area (Å²) < 4.78 is 23.8. The Kier molecular flexibility index (Phi) is 54.3. The van der Waals surface area contributed by atoms with Gasteiger partial charge in [0, 0.05) is 30.1 Å². The lowest BCUT2D eigenvalue weighted by molar-refractivity contribution is -0.243. The van der Waals surface area contributed by atoms with Gasteiger partial charge >= 0.3 is 0 Å². The molecule has 16 atom stereocenters. The van der Waals surface area contributed by atoms with Crippen molar-refractivity contribution in [2.24, 2.45) is 109 Å². The van der Waals surface area contributed by atoms with Crippen LogP contribution in [0.5, 0.6) is 0 Å². The Morgan fingerprint density at radius 1 is 0.444 bits per heavy atom. The highest BCUT2D eigenvalue weighted by Crippen LogP contribution is 2.63. The van der Waals surface area contributed by atoms with Gasteiger partial charge in [0.2, 0.25) is 0 Å². The number of Topliss-reactive ketones (excluding diaryl/α,β-unsaturated/α-hetero) is 2. The molecule has 4 saturated carbocycles. The molecule has 3 N–H and O–H groups in total. The van der Waals surface area contributed by atoms with Crippen molar-refractivity contribution in [1.29, 1.82) is 0 Å². The van der Waals surface area contributed by atoms with Gasteiger partial charge in [0.25, 0.3) is 0 Å². The lowest BCUT2D eigenvalue weighted by atomic mass is 9.70. The van der Waals surface area contributed by atoms with Crippen molar-refractivity contribution >= 4 is 17.3 Å². The van der Waals surface area contributed by atoms with Crippen LogP contribution in [0.15, 0.2) is 145 Å². The first-order valence-electron chi connectivity index (χ1n) is 49.6. The Morgan fingerprint density at radius 3 is 1.15 bits per heavy atom. The fourth-order valence-electron chi connectivity index (χ4n) is 16.1. The van der Waals surface area contributed by atoms with Gasteiger partial charge in [-0.15, -0.1) is 0 Å². The van der Waals surface area contributed by atoms with E-state index in [0.717, 1.165) is 125 Å². The second kappa shape index (κ2) is 55.3. The SMILES string of the molecule is C=C(C)/C=C/C(C)C.C=C(C)[C@H]1CC[C@](C)(/C=C/C(C)C)O1.CC(=O)/C=C/C(C)C.CC(C)/C=C/C1(C)CCC(C)(C)C(O)O1.CC(C)/C=C/C1(C)CCC(O)C(C)(C)O1.CC(C)/C=C/C1(C)OC(C)(C)C2CC21.CC(C)/C=C/[C@]1(C)CC[C@@H](O)[C@@H](C)C1.CC(C)=CCC(C)C.C[C@H]1C[C@@](C)(/C=C/C(C)(C)C)CCC1=O.C[C@H]1C[C@](C)(/C=C/C(C)(C)C)CCC1=O. The van der Waals surface area contributed by atoms with E-state index in [1.165, 1.54) is 18.4 Å². The Morgan fingerprint density at radius 2 is 0.841 bits per heavy atom. The summed E-state index contributed by atoms with van der Waals surface area (Å²) in [6.07, 6.45) is 57.8. The largest absolute Gasteiger partial charge is 0.393 e. The minimum atomic E-state index is -0.659. The van der Waals surface area contributed by atoms with Gasteiger partial charge < -0.3 is 34.3 Å². The van der Waals surface area contributed by atoms with E-state index < -0.39 is 11.9 Å². The van der Waals surface area contributed by atoms with E-state index in [-0.39, 0.29) is 91.0 Å². The molecular weight excluding hydrogens is 1550 g/mol. The Balaban J connectivity index is 0. The van der Waals surface area contributed by atoms with Gasteiger partial charge in [0.1, 0.15) is 11.6 Å². The van der Waals surface area contributed by atoms with Crippen LogP contribution in [0.4, 0.5) is 0 Å². The number of allylic oxidation sites excluding steroid dienone is 17. The molecule has 4 aliphatic heterocycles. The monoisotopic (exact) mass is 1760 g/mol. The average Bonchev–Trinajstić information content (AvgIpc) is 1.54. The molecule has 0 aromatic carbocycles. The first kappa shape index (κ1) is 124. The van der Waals surface area contributed by atoms with Crippen LogP contribution in [0.2, 0.25) is 0 Å². The molecule has 4 saturated heterocycles. The Hall–Kier alpha value is -4.39. The number of ketones is 3. The van der Waals surface area contributed by atoms with Crippen LogP contribution in [-0.2, 0) is 33.3 Å². The van der Waals surface area contributed by atoms with Gasteiger partial charge in [0.15, 0.2) is 12.1 Å². The van der Waals surface area contributed by atoms with Crippen LogP contribution in [0.25, 0.3) is 0 Å². The maximum absolute atomic E-state index is 11.5. The molecule has 7 unspecified atom stereocenters. The third-order valence-electron chi connectivity index (χ3n) is 24.9. The summed E-state index contributed by atoms with van der Waals surface area (Å²) in [6.45, 7) is 99.7. The zero-order chi connectivity index (χ0) is 98.6. The van der Waals surface area contributed by atoms with Gasteiger partial charge in [-0.05, 0) is 285 Å². The number of carbonyl (C=O) groups excluding carboxylic acids is 3. The van der Waals surface area contributed by atoms with Crippen molar-refractivity contribution in [3.63, 3.8) is 0 Å². The molecule has 0 radical (unpaired) electrons. The zero-order valence-corrected chi connectivity index (χ0v) is 90.4. The van der Waals surface area contributed by atoms with Crippen molar-refractivity contribution in [2.75, 3.05) is 0 Å². The molecule has 0 aromatic heterocycles. The normalized spacial score (nSPS) is 31.7. The maximum Gasteiger partial charge on any atom is 0.160 e. The van der Waals surface area contributed by atoms with Crippen LogP contribution >= 0.6 is 0 Å². The van der Waals surface area contributed by atoms with E-state index in [1.54, 1.807) is 13.0 Å². The number of aliphatic hydroxyl groups excluding tert-OH is 3. The minimum absolute atomic E-state index is 0.0123. The molecule has 4 heterocycles. The maximum atomic E-state index is 11.5. The highest BCUT2D eigenvalue weighted by Gasteiger charge is 2.64. The smallest absolute Gasteiger partial charge is 0.160 e. The standard InChI is InChI=1S/2C14H24O.2C13H24O2.2C13H22O.C13H24O.C8H16.C8H14.C7H12O/c2*1-11-10-14(5,7-6-12(11)15)9-8-13(2,3)4;1-10(2)6-8-13(5)9-7-11(14)12(3,4)15-13;1-10(2)6-7-13(5)9-8-12(3,4)11(14)15-13;1-9(2)6-7-13(5)11-8-10(11)12(3,4)14-13;1-10(2)6-8-13(5)9-7-12(14-13)11(3)4;1-10(2)5-7-13(4)8-6-12(14)11(3)9-13;2*1-7(2)5-6-8(3)4;1-6(2)4-5-7(3)8/h2*8-9,11H,6-7,10H2,1-5H3;6,8,10-11,14H,7,9H2,1-5H3;6-7,10-11,14H,8-9H2,1-5H3;6-7,9-11H,8H2,1-5H3;6,8,10,12H,3,7,9H2,1-2,4-5H3;5,7,10-12,14H,6,8-9H2,1-4H3;5,8H,6H2,1-4H3;5-6,8H,1H2,2-4H3;4-6H,1-3H3/b2*9-8+;8-6+;2*7-6+;8-6+;7-5+;;6-5+;5-4+/t11-,14+;11-,14-;;;;12-,13+;11-,12+,13+;;;/m00...10.../s1. The van der Waals surface area contributed by atoms with E-state index >= 15 is 0 Å². The fraction of sp³-hybridized carbons (Fsp3) is 0.767. The third-order valence-corrected chi connectivity index (χ3v) is 24.9. The van der Waals surface area contributed by atoms with Crippen molar-refractivity contribution < 1.29 is 48.7 Å². The second-order valence-corrected chi connectivity index (χ2v) is 48.4. The predicted octanol–water partition coefficient (Wildman–Crippen LogP) is 32.0. The molecule has 4 aliphatic carbocycles. The van der Waals surface area contributed by atoms with Crippen molar-refractivity contribution in [2.45, 2.75) is 465 Å². The second-order valence-electron chi connectivity index (χ2n) is 48.4. The summed E-state index contributed by atoms with van der Waals surface area (Å²) in [5.41, 5.74) is 3.97. The number of rotatable bonds is 19. The van der Waals surface area contributed by atoms with E-state index in [0.29, 0.717) is 64.3 Å². The molecular formula is C116H206O10. The van der Waals surface area contributed by atoms with Gasteiger partial charge in [-0.2, -0.15) is 0 Å². The molecule has 0 spiro atoms. The summed E-state index contributed by atoms with van der Waals surface area (Å²) in [7, 11) is 0. The average molecular weight is 1760 g/mol. The summed E-state index contributed by atoms with van der Waals surface area (Å²) in [5.74, 6) is 8.37. The van der Waals surface area contributed by atoms with Crippen molar-refractivity contribution in [3.8, 4) is 0 Å². The molecule has 10 heteroatoms. The summed E-state index contributed by atoms with van der Waals surface area (Å²) in [6, 6.07) is 0. The Labute approximate surface area is 781 Å². The van der Waals surface area contributed by atoms with E-state index in [1.807, 2.05) is 74.5 Å². The molecule has 126 heavy (non-hydrogen) atoms. The van der Waals surface area contributed by atoms with Gasteiger partial charge in [0.05, 0.1) is 51.9 Å². The van der Waals surface area contributed by atoms with Crippen molar-refractivity contribution in [1.82, 2.24) is 0 Å². The molecule has 0 amide bonds. The lowest BCUT2D eigenvalue weighted by Gasteiger charge is -2.45. The van der Waals surface area contributed by atoms with E-state index in [4.69, 9.17) is 18.9 Å². The number of hydrogen-bond acceptors (Lipinski definition) is 10. The quantitative estimate of drug-likeness (QED) is 0.0648. The summed E-state index contributed by atoms with van der Waals surface area (Å²) in [5, 5.41) is 29.3. The number of fused-ring (bicyclic) bond motifs is 1. The number of carbonyl (C=O) groups is 3. The summed E-state index contributed by atoms with van der Waals surface area (Å²) >= 11 is 0. The van der Waals surface area contributed by atoms with Gasteiger partial charge in [-0.25, -0.2) is 0 Å². The van der Waals surface area contributed by atoms with Gasteiger partial charge in [-0.3, -0.25) is 14.4 Å². The zero-order valence-electron chi connectivity index (χ0n) is 90.4. The molecule has 0 bridgehead atoms. The highest BCUT2D eigenvalue weighted by atomic mass is 16.6. The number of ether oxygens (including phenoxy) is 4. The summed E-state index contributed by atoms with van der Waals surface area (Å²) in [4.78, 5) is 33.2. The lowest BCUT2D eigenvalue weighted by Crippen LogP contribution is -2.51. The van der Waals surface area contributed by atoms with E-state index in [2.05, 4.69) is 339 Å². The van der Waals surface area contributed by atoms with E-state index in [9.17, 15) is 29.7 Å². The molecule has 8 rings (SSSR count). The van der Waals surface area contributed by atoms with Gasteiger partial charge in [-0.1, -0.05) is 347 Å². The number of hydrogen-bond donors (Lipinski definition) is 3. The van der Waals surface area contributed by atoms with Crippen LogP contribution in [0.1, 0.15) is 407 Å². The molecule has 8 aliphatic rings. The first-order chi connectivity index (χ1) is 57.0. The Bertz CT molecular complexity index is 3400. The molecule has 8 fully saturated rings. The molecule has 730 valence electrons. The highest BCUT2D eigenvalue weighted by molar-refractivity contribution is 5.87. The number of aliphatic hydroxyl groups is 3.